The molecule has 0 saturated carbocycles. The van der Waals surface area contributed by atoms with Gasteiger partial charge in [0, 0.05) is 32.5 Å². The molecular weight excluding hydrogens is 164 g/mol. The average Bonchev–Trinajstić information content (AvgIpc) is 2.52. The molecule has 0 radical (unpaired) electrons. The molecule has 1 aromatic rings. The largest absolute Gasteiger partial charge is 0.354 e. The van der Waals surface area contributed by atoms with Crippen LogP contribution in [-0.4, -0.2) is 41.1 Å². The molecule has 0 unspecified atom stereocenters. The van der Waals surface area contributed by atoms with E-state index in [4.69, 9.17) is 0 Å². The molecule has 0 aliphatic rings. The van der Waals surface area contributed by atoms with E-state index in [1.165, 1.54) is 0 Å². The number of likely N-dealkylation sites (N-methyl/N-ethyl adjacent to an activating group) is 1. The molecule has 0 aliphatic heterocycles. The highest BCUT2D eigenvalue weighted by atomic mass is 15.2. The molecule has 74 valence electrons. The first-order chi connectivity index (χ1) is 6.24. The van der Waals surface area contributed by atoms with Crippen molar-refractivity contribution in [3.63, 3.8) is 0 Å². The highest BCUT2D eigenvalue weighted by Gasteiger charge is 1.97. The highest BCUT2D eigenvalue weighted by molar-refractivity contribution is 5.24. The summed E-state index contributed by atoms with van der Waals surface area (Å²) < 4.78 is 1.98. The van der Waals surface area contributed by atoms with Crippen LogP contribution in [0.5, 0.6) is 0 Å². The quantitative estimate of drug-likeness (QED) is 0.730. The molecule has 1 aromatic heterocycles. The summed E-state index contributed by atoms with van der Waals surface area (Å²) in [5.74, 6) is 0.935. The Bertz CT molecular complexity index is 244. The zero-order chi connectivity index (χ0) is 9.68. The first-order valence-electron chi connectivity index (χ1n) is 4.63. The summed E-state index contributed by atoms with van der Waals surface area (Å²) in [5.41, 5.74) is 0. The van der Waals surface area contributed by atoms with Gasteiger partial charge in [-0.15, -0.1) is 0 Å². The molecule has 0 saturated heterocycles. The summed E-state index contributed by atoms with van der Waals surface area (Å²) in [7, 11) is 4.10. The van der Waals surface area contributed by atoms with Gasteiger partial charge in [0.05, 0.1) is 0 Å². The van der Waals surface area contributed by atoms with Gasteiger partial charge in [0.15, 0.2) is 0 Å². The van der Waals surface area contributed by atoms with E-state index < -0.39 is 0 Å². The topological polar surface area (TPSA) is 33.1 Å². The van der Waals surface area contributed by atoms with Crippen LogP contribution in [0.2, 0.25) is 0 Å². The summed E-state index contributed by atoms with van der Waals surface area (Å²) in [6, 6.07) is 0. The fourth-order valence-electron chi connectivity index (χ4n) is 1.05. The number of anilines is 1. The molecule has 1 rings (SSSR count). The molecule has 4 heteroatoms. The summed E-state index contributed by atoms with van der Waals surface area (Å²) in [4.78, 5) is 6.43. The summed E-state index contributed by atoms with van der Waals surface area (Å²) in [6.45, 7) is 5.22. The number of hydrogen-bond acceptors (Lipinski definition) is 3. The van der Waals surface area contributed by atoms with Crippen LogP contribution in [0.25, 0.3) is 0 Å². The van der Waals surface area contributed by atoms with Crippen LogP contribution in [0.4, 0.5) is 5.95 Å². The van der Waals surface area contributed by atoms with Gasteiger partial charge in [-0.1, -0.05) is 6.92 Å². The van der Waals surface area contributed by atoms with Gasteiger partial charge in [0.1, 0.15) is 0 Å². The third-order valence-corrected chi connectivity index (χ3v) is 2.14. The van der Waals surface area contributed by atoms with Crippen molar-refractivity contribution in [3.05, 3.63) is 12.4 Å². The van der Waals surface area contributed by atoms with Crippen LogP contribution < -0.4 is 5.32 Å². The maximum atomic E-state index is 4.17. The number of rotatable bonds is 5. The number of nitrogens with one attached hydrogen (secondary N) is 1. The van der Waals surface area contributed by atoms with E-state index in [0.29, 0.717) is 0 Å². The zero-order valence-electron chi connectivity index (χ0n) is 8.62. The minimum absolute atomic E-state index is 0.935. The van der Waals surface area contributed by atoms with Crippen molar-refractivity contribution in [1.82, 2.24) is 14.5 Å². The van der Waals surface area contributed by atoms with Crippen molar-refractivity contribution in [1.29, 1.82) is 0 Å². The van der Waals surface area contributed by atoms with Crippen molar-refractivity contribution in [2.24, 2.45) is 7.05 Å². The van der Waals surface area contributed by atoms with Gasteiger partial charge in [0.2, 0.25) is 5.95 Å². The molecule has 0 fully saturated rings. The smallest absolute Gasteiger partial charge is 0.202 e. The lowest BCUT2D eigenvalue weighted by atomic mass is 10.5. The Labute approximate surface area is 79.6 Å². The van der Waals surface area contributed by atoms with Crippen molar-refractivity contribution in [2.75, 3.05) is 32.0 Å². The molecule has 1 N–H and O–H groups in total. The third kappa shape index (κ3) is 3.06. The van der Waals surface area contributed by atoms with E-state index in [-0.39, 0.29) is 0 Å². The second-order valence-corrected chi connectivity index (χ2v) is 3.18. The number of nitrogens with zero attached hydrogens (tertiary/aromatic N) is 3. The van der Waals surface area contributed by atoms with Gasteiger partial charge in [0.25, 0.3) is 0 Å². The lowest BCUT2D eigenvalue weighted by Gasteiger charge is -2.14. The van der Waals surface area contributed by atoms with Crippen LogP contribution in [0.3, 0.4) is 0 Å². The van der Waals surface area contributed by atoms with Gasteiger partial charge in [-0.05, 0) is 13.6 Å². The summed E-state index contributed by atoms with van der Waals surface area (Å²) in [6.07, 6.45) is 3.73. The lowest BCUT2D eigenvalue weighted by molar-refractivity contribution is 0.366. The Hall–Kier alpha value is -1.03. The van der Waals surface area contributed by atoms with Crippen LogP contribution in [0.1, 0.15) is 6.92 Å². The second kappa shape index (κ2) is 4.87. The Morgan fingerprint density at radius 3 is 2.92 bits per heavy atom. The first-order valence-corrected chi connectivity index (χ1v) is 4.63. The fraction of sp³-hybridized carbons (Fsp3) is 0.667. The maximum Gasteiger partial charge on any atom is 0.202 e. The van der Waals surface area contributed by atoms with Crippen LogP contribution in [-0.2, 0) is 7.05 Å². The molecule has 0 atom stereocenters. The Balaban J connectivity index is 2.24. The van der Waals surface area contributed by atoms with E-state index in [2.05, 4.69) is 29.2 Å². The molecule has 0 bridgehead atoms. The first kappa shape index (κ1) is 10.1. The lowest BCUT2D eigenvalue weighted by Crippen LogP contribution is -2.25. The van der Waals surface area contributed by atoms with Crippen molar-refractivity contribution in [3.8, 4) is 0 Å². The minimum Gasteiger partial charge on any atom is -0.354 e. The molecule has 4 nitrogen and oxygen atoms in total. The Kier molecular flexibility index (Phi) is 3.76. The molecule has 0 amide bonds. The van der Waals surface area contributed by atoms with Crippen molar-refractivity contribution in [2.45, 2.75) is 6.92 Å². The predicted molar refractivity (Wildman–Crippen MR) is 54.9 cm³/mol. The zero-order valence-corrected chi connectivity index (χ0v) is 8.62. The van der Waals surface area contributed by atoms with E-state index >= 15 is 0 Å². The Morgan fingerprint density at radius 2 is 2.38 bits per heavy atom. The normalized spacial score (nSPS) is 10.8. The molecule has 0 aromatic carbocycles. The second-order valence-electron chi connectivity index (χ2n) is 3.18. The SMILES string of the molecule is CCN(C)CCNc1nccn1C. The maximum absolute atomic E-state index is 4.17. The molecule has 0 spiro atoms. The van der Waals surface area contributed by atoms with Gasteiger partial charge in [-0.2, -0.15) is 0 Å². The average molecular weight is 182 g/mol. The summed E-state index contributed by atoms with van der Waals surface area (Å²) >= 11 is 0. The van der Waals surface area contributed by atoms with Gasteiger partial charge in [-0.3, -0.25) is 0 Å². The number of aromatic nitrogens is 2. The van der Waals surface area contributed by atoms with Crippen LogP contribution in [0, 0.1) is 0 Å². The number of aryl methyl sites for hydroxylation is 1. The molecule has 13 heavy (non-hydrogen) atoms. The third-order valence-electron chi connectivity index (χ3n) is 2.14. The molecular formula is C9H18N4. The van der Waals surface area contributed by atoms with Gasteiger partial charge in [-0.25, -0.2) is 4.98 Å². The highest BCUT2D eigenvalue weighted by Crippen LogP contribution is 1.99. The van der Waals surface area contributed by atoms with E-state index in [9.17, 15) is 0 Å². The summed E-state index contributed by atoms with van der Waals surface area (Å²) in [5, 5.41) is 3.27. The molecule has 1 heterocycles. The van der Waals surface area contributed by atoms with Crippen molar-refractivity contribution >= 4 is 5.95 Å². The monoisotopic (exact) mass is 182 g/mol. The van der Waals surface area contributed by atoms with E-state index in [1.807, 2.05) is 17.8 Å². The van der Waals surface area contributed by atoms with Crippen molar-refractivity contribution < 1.29 is 0 Å². The van der Waals surface area contributed by atoms with Gasteiger partial charge < -0.3 is 14.8 Å². The minimum atomic E-state index is 0.935. The van der Waals surface area contributed by atoms with E-state index in [0.717, 1.165) is 25.6 Å². The number of hydrogen-bond donors (Lipinski definition) is 1. The van der Waals surface area contributed by atoms with Crippen LogP contribution in [0.15, 0.2) is 12.4 Å². The van der Waals surface area contributed by atoms with Crippen LogP contribution >= 0.6 is 0 Å². The molecule has 0 aliphatic carbocycles. The Morgan fingerprint density at radius 1 is 1.62 bits per heavy atom. The van der Waals surface area contributed by atoms with Gasteiger partial charge >= 0.3 is 0 Å². The number of imidazole rings is 1. The fourth-order valence-corrected chi connectivity index (χ4v) is 1.05. The predicted octanol–water partition coefficient (Wildman–Crippen LogP) is 0.784. The standard InChI is InChI=1S/C9H18N4/c1-4-12(2)7-5-10-9-11-6-8-13(9)3/h6,8H,4-5,7H2,1-3H3,(H,10,11). The van der Waals surface area contributed by atoms with E-state index in [1.54, 1.807) is 6.20 Å².